The van der Waals surface area contributed by atoms with Crippen molar-refractivity contribution in [1.82, 2.24) is 0 Å². The Labute approximate surface area is 113 Å². The minimum atomic E-state index is -1.72. The number of rotatable bonds is 3. The van der Waals surface area contributed by atoms with Crippen molar-refractivity contribution in [2.45, 2.75) is 39.2 Å². The Morgan fingerprint density at radius 3 is 2.58 bits per heavy atom. The normalized spacial score (nSPS) is 27.1. The van der Waals surface area contributed by atoms with Gasteiger partial charge in [-0.2, -0.15) is 0 Å². The van der Waals surface area contributed by atoms with Crippen LogP contribution < -0.4 is 10.2 Å². The molecule has 104 valence electrons. The first kappa shape index (κ1) is 14.3. The molecule has 2 rings (SSSR count). The molecule has 1 aliphatic carbocycles. The van der Waals surface area contributed by atoms with Crippen LogP contribution in [0.25, 0.3) is 0 Å². The maximum absolute atomic E-state index is 13.1. The highest BCUT2D eigenvalue weighted by Crippen LogP contribution is 2.31. The van der Waals surface area contributed by atoms with Gasteiger partial charge in [-0.3, -0.25) is 0 Å². The third-order valence-corrected chi connectivity index (χ3v) is 4.09. The molecule has 0 saturated heterocycles. The Morgan fingerprint density at radius 2 is 1.95 bits per heavy atom. The number of hydrogen-bond acceptors (Lipinski definition) is 3. The van der Waals surface area contributed by atoms with Crippen LogP contribution in [0.5, 0.6) is 5.75 Å². The maximum atomic E-state index is 13.1. The molecule has 3 nitrogen and oxygen atoms in total. The number of hydrogen-bond donors (Lipinski definition) is 2. The van der Waals surface area contributed by atoms with Gasteiger partial charge < -0.3 is 14.8 Å². The number of halogens is 1. The molecular weight excluding hydrogens is 246 g/mol. The van der Waals surface area contributed by atoms with Gasteiger partial charge in [0.25, 0.3) is 0 Å². The molecule has 1 aromatic rings. The van der Waals surface area contributed by atoms with Gasteiger partial charge in [-0.1, -0.05) is 13.8 Å². The van der Waals surface area contributed by atoms with Crippen molar-refractivity contribution < 1.29 is 19.2 Å². The number of ether oxygens (including phenoxy) is 1. The summed E-state index contributed by atoms with van der Waals surface area (Å²) in [7, 11) is -1.72. The van der Waals surface area contributed by atoms with Gasteiger partial charge in [0, 0.05) is 5.46 Å². The van der Waals surface area contributed by atoms with Crippen LogP contribution in [0.4, 0.5) is 4.39 Å². The van der Waals surface area contributed by atoms with Crippen molar-refractivity contribution >= 4 is 12.6 Å². The second-order valence-corrected chi connectivity index (χ2v) is 5.56. The highest BCUT2D eigenvalue weighted by atomic mass is 19.1. The van der Waals surface area contributed by atoms with E-state index in [9.17, 15) is 14.4 Å². The largest absolute Gasteiger partial charge is 0.492 e. The van der Waals surface area contributed by atoms with Crippen molar-refractivity contribution in [2.75, 3.05) is 0 Å². The summed E-state index contributed by atoms with van der Waals surface area (Å²) in [5, 5.41) is 18.5. The Morgan fingerprint density at radius 1 is 1.21 bits per heavy atom. The van der Waals surface area contributed by atoms with E-state index < -0.39 is 12.9 Å². The van der Waals surface area contributed by atoms with Crippen molar-refractivity contribution in [2.24, 2.45) is 11.8 Å². The monoisotopic (exact) mass is 266 g/mol. The first-order valence-corrected chi connectivity index (χ1v) is 6.79. The average Bonchev–Trinajstić information content (AvgIpc) is 2.36. The minimum Gasteiger partial charge on any atom is -0.491 e. The SMILES string of the molecule is CC1CCC(Oc2ccc(F)cc2B(O)O)CC1C. The molecule has 1 saturated carbocycles. The first-order valence-electron chi connectivity index (χ1n) is 6.79. The Hall–Kier alpha value is -1.07. The zero-order valence-corrected chi connectivity index (χ0v) is 11.3. The predicted octanol–water partition coefficient (Wildman–Crippen LogP) is 1.71. The molecule has 3 unspecified atom stereocenters. The number of benzene rings is 1. The van der Waals surface area contributed by atoms with Gasteiger partial charge in [0.2, 0.25) is 0 Å². The second kappa shape index (κ2) is 5.93. The minimum absolute atomic E-state index is 0.0640. The topological polar surface area (TPSA) is 49.7 Å². The lowest BCUT2D eigenvalue weighted by Gasteiger charge is -2.32. The van der Waals surface area contributed by atoms with Crippen LogP contribution in [0, 0.1) is 17.7 Å². The molecule has 0 aromatic heterocycles. The quantitative estimate of drug-likeness (QED) is 0.819. The molecule has 19 heavy (non-hydrogen) atoms. The standard InChI is InChI=1S/C14H20BFO3/c1-9-3-5-12(7-10(9)2)19-14-6-4-11(16)8-13(14)15(17)18/h4,6,8-10,12,17-18H,3,5,7H2,1-2H3. The summed E-state index contributed by atoms with van der Waals surface area (Å²) in [4.78, 5) is 0. The van der Waals surface area contributed by atoms with E-state index in [1.165, 1.54) is 12.1 Å². The smallest absolute Gasteiger partial charge is 0.491 e. The fourth-order valence-corrected chi connectivity index (χ4v) is 2.61. The fraction of sp³-hybridized carbons (Fsp3) is 0.571. The summed E-state index contributed by atoms with van der Waals surface area (Å²) in [5.41, 5.74) is 0.0891. The third-order valence-electron chi connectivity index (χ3n) is 4.09. The van der Waals surface area contributed by atoms with Crippen LogP contribution in [0.15, 0.2) is 18.2 Å². The predicted molar refractivity (Wildman–Crippen MR) is 72.8 cm³/mol. The average molecular weight is 266 g/mol. The van der Waals surface area contributed by atoms with Gasteiger partial charge in [-0.25, -0.2) is 4.39 Å². The molecule has 2 N–H and O–H groups in total. The molecule has 0 radical (unpaired) electrons. The zero-order chi connectivity index (χ0) is 14.0. The molecule has 1 aromatic carbocycles. The van der Waals surface area contributed by atoms with Gasteiger partial charge in [0.05, 0.1) is 6.10 Å². The Balaban J connectivity index is 2.11. The van der Waals surface area contributed by atoms with Gasteiger partial charge in [-0.05, 0) is 49.3 Å². The van der Waals surface area contributed by atoms with Crippen molar-refractivity contribution in [3.05, 3.63) is 24.0 Å². The Bertz CT molecular complexity index is 439. The molecule has 1 fully saturated rings. The highest BCUT2D eigenvalue weighted by Gasteiger charge is 2.27. The van der Waals surface area contributed by atoms with Crippen molar-refractivity contribution in [3.8, 4) is 5.75 Å². The molecular formula is C14H20BFO3. The van der Waals surface area contributed by atoms with Crippen molar-refractivity contribution in [1.29, 1.82) is 0 Å². The van der Waals surface area contributed by atoms with E-state index in [1.807, 2.05) is 0 Å². The van der Waals surface area contributed by atoms with Crippen LogP contribution >= 0.6 is 0 Å². The molecule has 0 spiro atoms. The molecule has 5 heteroatoms. The summed E-state index contributed by atoms with van der Waals surface area (Å²) >= 11 is 0. The first-order chi connectivity index (χ1) is 8.97. The lowest BCUT2D eigenvalue weighted by Crippen LogP contribution is -2.35. The summed E-state index contributed by atoms with van der Waals surface area (Å²) in [6, 6.07) is 3.85. The molecule has 3 atom stereocenters. The van der Waals surface area contributed by atoms with Crippen LogP contribution in [0.1, 0.15) is 33.1 Å². The van der Waals surface area contributed by atoms with Gasteiger partial charge in [0.1, 0.15) is 11.6 Å². The van der Waals surface area contributed by atoms with E-state index >= 15 is 0 Å². The van der Waals surface area contributed by atoms with Gasteiger partial charge >= 0.3 is 7.12 Å². The van der Waals surface area contributed by atoms with E-state index in [0.717, 1.165) is 25.3 Å². The van der Waals surface area contributed by atoms with Gasteiger partial charge in [-0.15, -0.1) is 0 Å². The van der Waals surface area contributed by atoms with Crippen LogP contribution in [-0.2, 0) is 0 Å². The van der Waals surface area contributed by atoms with Crippen LogP contribution in [0.2, 0.25) is 0 Å². The van der Waals surface area contributed by atoms with E-state index in [4.69, 9.17) is 4.74 Å². The van der Waals surface area contributed by atoms with Crippen molar-refractivity contribution in [3.63, 3.8) is 0 Å². The summed E-state index contributed by atoms with van der Waals surface area (Å²) in [6.45, 7) is 4.44. The van der Waals surface area contributed by atoms with Gasteiger partial charge in [0.15, 0.2) is 0 Å². The molecule has 0 heterocycles. The lowest BCUT2D eigenvalue weighted by atomic mass is 9.78. The fourth-order valence-electron chi connectivity index (χ4n) is 2.61. The zero-order valence-electron chi connectivity index (χ0n) is 11.3. The molecule has 0 bridgehead atoms. The third kappa shape index (κ3) is 3.48. The molecule has 1 aliphatic rings. The Kier molecular flexibility index (Phi) is 4.48. The molecule has 0 aliphatic heterocycles. The van der Waals surface area contributed by atoms with E-state index in [-0.39, 0.29) is 11.6 Å². The van der Waals surface area contributed by atoms with E-state index in [0.29, 0.717) is 17.6 Å². The van der Waals surface area contributed by atoms with Crippen LogP contribution in [-0.4, -0.2) is 23.3 Å². The summed E-state index contributed by atoms with van der Waals surface area (Å²) < 4.78 is 19.0. The second-order valence-electron chi connectivity index (χ2n) is 5.56. The summed E-state index contributed by atoms with van der Waals surface area (Å²) in [6.07, 6.45) is 3.06. The highest BCUT2D eigenvalue weighted by molar-refractivity contribution is 6.59. The maximum Gasteiger partial charge on any atom is 0.492 e. The van der Waals surface area contributed by atoms with E-state index in [1.54, 1.807) is 0 Å². The van der Waals surface area contributed by atoms with Crippen LogP contribution in [0.3, 0.4) is 0 Å². The lowest BCUT2D eigenvalue weighted by molar-refractivity contribution is 0.101. The summed E-state index contributed by atoms with van der Waals surface area (Å²) in [5.74, 6) is 1.14. The molecule has 0 amide bonds. The van der Waals surface area contributed by atoms with E-state index in [2.05, 4.69) is 13.8 Å².